The molecular formula is C15H31CaNO4S. The molecule has 0 unspecified atom stereocenters. The normalized spacial score (nSPS) is 11.2. The monoisotopic (exact) mass is 361 g/mol. The van der Waals surface area contributed by atoms with E-state index < -0.39 is 10.1 Å². The molecule has 2 N–H and O–H groups in total. The Hall–Kier alpha value is 0.800. The molecule has 0 aliphatic rings. The minimum absolute atomic E-state index is 0. The van der Waals surface area contributed by atoms with Gasteiger partial charge in [0.15, 0.2) is 0 Å². The SMILES string of the molecule is CCCCCCCCCCCC(=O)CNCCS(=O)(=O)O.[Ca]. The molecule has 0 aromatic rings. The van der Waals surface area contributed by atoms with E-state index in [0.717, 1.165) is 12.8 Å². The van der Waals surface area contributed by atoms with Crippen molar-refractivity contribution < 1.29 is 17.8 Å². The second kappa shape index (κ2) is 16.7. The van der Waals surface area contributed by atoms with E-state index in [1.54, 1.807) is 0 Å². The van der Waals surface area contributed by atoms with Crippen molar-refractivity contribution >= 4 is 53.6 Å². The molecule has 22 heavy (non-hydrogen) atoms. The third-order valence-electron chi connectivity index (χ3n) is 3.42. The van der Waals surface area contributed by atoms with E-state index in [1.807, 2.05) is 0 Å². The summed E-state index contributed by atoms with van der Waals surface area (Å²) in [6.07, 6.45) is 11.6. The molecule has 0 atom stereocenters. The average Bonchev–Trinajstić information content (AvgIpc) is 2.41. The number of Topliss-reactive ketones (excluding diaryl/α,β-unsaturated/α-hetero) is 1. The van der Waals surface area contributed by atoms with Crippen molar-refractivity contribution in [2.45, 2.75) is 71.1 Å². The molecule has 0 aromatic heterocycles. The van der Waals surface area contributed by atoms with Crippen LogP contribution in [0.5, 0.6) is 0 Å². The summed E-state index contributed by atoms with van der Waals surface area (Å²) in [4.78, 5) is 11.5. The van der Waals surface area contributed by atoms with Gasteiger partial charge in [-0.15, -0.1) is 0 Å². The van der Waals surface area contributed by atoms with Gasteiger partial charge in [-0.2, -0.15) is 8.42 Å². The van der Waals surface area contributed by atoms with Crippen LogP contribution in [0, 0.1) is 0 Å². The maximum absolute atomic E-state index is 11.5. The van der Waals surface area contributed by atoms with Crippen LogP contribution >= 0.6 is 0 Å². The molecule has 2 radical (unpaired) electrons. The van der Waals surface area contributed by atoms with Gasteiger partial charge in [0.05, 0.1) is 12.3 Å². The summed E-state index contributed by atoms with van der Waals surface area (Å²) in [5, 5.41) is 2.73. The predicted molar refractivity (Wildman–Crippen MR) is 91.9 cm³/mol. The molecule has 0 rings (SSSR count). The van der Waals surface area contributed by atoms with Crippen molar-refractivity contribution in [3.63, 3.8) is 0 Å². The fourth-order valence-corrected chi connectivity index (χ4v) is 2.55. The summed E-state index contributed by atoms with van der Waals surface area (Å²) in [7, 11) is -3.93. The molecule has 0 saturated carbocycles. The summed E-state index contributed by atoms with van der Waals surface area (Å²) >= 11 is 0. The molecule has 0 bridgehead atoms. The maximum Gasteiger partial charge on any atom is 0.266 e. The Labute approximate surface area is 165 Å². The van der Waals surface area contributed by atoms with E-state index in [-0.39, 0.29) is 62.4 Å². The van der Waals surface area contributed by atoms with E-state index >= 15 is 0 Å². The zero-order chi connectivity index (χ0) is 16.0. The van der Waals surface area contributed by atoms with E-state index in [2.05, 4.69) is 12.2 Å². The van der Waals surface area contributed by atoms with Crippen LogP contribution in [0.1, 0.15) is 71.1 Å². The van der Waals surface area contributed by atoms with Crippen LogP contribution in [0.15, 0.2) is 0 Å². The van der Waals surface area contributed by atoms with Gasteiger partial charge in [0.2, 0.25) is 0 Å². The number of carbonyl (C=O) groups excluding carboxylic acids is 1. The molecule has 128 valence electrons. The molecule has 0 fully saturated rings. The number of hydrogen-bond donors (Lipinski definition) is 2. The number of hydrogen-bond acceptors (Lipinski definition) is 4. The summed E-state index contributed by atoms with van der Waals surface area (Å²) in [6, 6.07) is 0. The van der Waals surface area contributed by atoms with Crippen LogP contribution in [-0.2, 0) is 14.9 Å². The van der Waals surface area contributed by atoms with Crippen LogP contribution in [-0.4, -0.2) is 75.3 Å². The minimum Gasteiger partial charge on any atom is -0.309 e. The smallest absolute Gasteiger partial charge is 0.266 e. The molecule has 0 amide bonds. The fourth-order valence-electron chi connectivity index (χ4n) is 2.15. The molecule has 0 saturated heterocycles. The van der Waals surface area contributed by atoms with Crippen molar-refractivity contribution in [1.82, 2.24) is 5.32 Å². The topological polar surface area (TPSA) is 83.5 Å². The van der Waals surface area contributed by atoms with Crippen LogP contribution in [0.2, 0.25) is 0 Å². The third-order valence-corrected chi connectivity index (χ3v) is 4.14. The van der Waals surface area contributed by atoms with Gasteiger partial charge in [-0.25, -0.2) is 0 Å². The van der Waals surface area contributed by atoms with Crippen LogP contribution in [0.4, 0.5) is 0 Å². The zero-order valence-corrected chi connectivity index (χ0v) is 17.0. The summed E-state index contributed by atoms with van der Waals surface area (Å²) in [5.41, 5.74) is 0. The first kappa shape index (κ1) is 25.0. The van der Waals surface area contributed by atoms with Crippen molar-refractivity contribution in [3.8, 4) is 0 Å². The van der Waals surface area contributed by atoms with Gasteiger partial charge >= 0.3 is 0 Å². The Morgan fingerprint density at radius 2 is 1.45 bits per heavy atom. The Morgan fingerprint density at radius 3 is 1.95 bits per heavy atom. The van der Waals surface area contributed by atoms with Crippen molar-refractivity contribution in [2.24, 2.45) is 0 Å². The summed E-state index contributed by atoms with van der Waals surface area (Å²) in [5.74, 6) is -0.244. The van der Waals surface area contributed by atoms with Gasteiger partial charge < -0.3 is 5.32 Å². The molecule has 0 heterocycles. The number of ketones is 1. The number of unbranched alkanes of at least 4 members (excludes halogenated alkanes) is 8. The van der Waals surface area contributed by atoms with E-state index in [0.29, 0.717) is 6.42 Å². The van der Waals surface area contributed by atoms with Crippen LogP contribution < -0.4 is 5.32 Å². The van der Waals surface area contributed by atoms with Crippen molar-refractivity contribution in [2.75, 3.05) is 18.8 Å². The number of carbonyl (C=O) groups is 1. The molecule has 0 aliphatic heterocycles. The Bertz CT molecular complexity index is 361. The first-order chi connectivity index (χ1) is 9.95. The van der Waals surface area contributed by atoms with Crippen LogP contribution in [0.25, 0.3) is 0 Å². The van der Waals surface area contributed by atoms with Crippen molar-refractivity contribution in [3.05, 3.63) is 0 Å². The second-order valence-electron chi connectivity index (χ2n) is 5.58. The van der Waals surface area contributed by atoms with Gasteiger partial charge in [-0.1, -0.05) is 58.3 Å². The first-order valence-electron chi connectivity index (χ1n) is 8.13. The van der Waals surface area contributed by atoms with Gasteiger partial charge in [0.1, 0.15) is 5.78 Å². The average molecular weight is 362 g/mol. The van der Waals surface area contributed by atoms with E-state index in [9.17, 15) is 13.2 Å². The van der Waals surface area contributed by atoms with E-state index in [1.165, 1.54) is 44.9 Å². The second-order valence-corrected chi connectivity index (χ2v) is 7.15. The standard InChI is InChI=1S/C15H31NO4S.Ca/c1-2-3-4-5-6-7-8-9-10-11-15(17)14-16-12-13-21(18,19)20;/h16H,2-14H2,1H3,(H,18,19,20);. The predicted octanol–water partition coefficient (Wildman–Crippen LogP) is 2.57. The summed E-state index contributed by atoms with van der Waals surface area (Å²) < 4.78 is 29.4. The molecule has 0 aromatic carbocycles. The van der Waals surface area contributed by atoms with Gasteiger partial charge in [0, 0.05) is 50.7 Å². The minimum atomic E-state index is -3.93. The molecular weight excluding hydrogens is 330 g/mol. The molecule has 7 heteroatoms. The van der Waals surface area contributed by atoms with Crippen LogP contribution in [0.3, 0.4) is 0 Å². The van der Waals surface area contributed by atoms with Gasteiger partial charge in [-0.05, 0) is 6.42 Å². The maximum atomic E-state index is 11.5. The third kappa shape index (κ3) is 20.8. The Kier molecular flexibility index (Phi) is 19.0. The zero-order valence-electron chi connectivity index (χ0n) is 14.0. The quantitative estimate of drug-likeness (QED) is 0.266. The number of nitrogens with one attached hydrogen (secondary N) is 1. The summed E-state index contributed by atoms with van der Waals surface area (Å²) in [6.45, 7) is 2.52. The van der Waals surface area contributed by atoms with E-state index in [4.69, 9.17) is 4.55 Å². The first-order valence-corrected chi connectivity index (χ1v) is 9.74. The van der Waals surface area contributed by atoms with Crippen molar-refractivity contribution in [1.29, 1.82) is 0 Å². The molecule has 5 nitrogen and oxygen atoms in total. The Morgan fingerprint density at radius 1 is 0.955 bits per heavy atom. The number of rotatable bonds is 15. The Balaban J connectivity index is 0. The van der Waals surface area contributed by atoms with Gasteiger partial charge in [0.25, 0.3) is 10.1 Å². The molecule has 0 aliphatic carbocycles. The van der Waals surface area contributed by atoms with Gasteiger partial charge in [-0.3, -0.25) is 9.35 Å². The fraction of sp³-hybridized carbons (Fsp3) is 0.933. The molecule has 0 spiro atoms. The largest absolute Gasteiger partial charge is 0.309 e.